The number of carbonyl (C=O) groups is 1. The molecule has 3 aromatic rings. The van der Waals surface area contributed by atoms with Gasteiger partial charge in [-0.2, -0.15) is 0 Å². The van der Waals surface area contributed by atoms with E-state index in [-0.39, 0.29) is 35.4 Å². The first-order valence-electron chi connectivity index (χ1n) is 12.3. The van der Waals surface area contributed by atoms with Gasteiger partial charge in [-0.25, -0.2) is 9.18 Å². The number of hydrogen-bond acceptors (Lipinski definition) is 5. The number of β-amino-alcohol motifs (C(OH)–C–C–N with tert-alkyl or cyclic N) is 1. The molecule has 1 unspecified atom stereocenters. The predicted molar refractivity (Wildman–Crippen MR) is 143 cm³/mol. The number of ether oxygens (including phenoxy) is 2. The minimum atomic E-state index is -1.05. The lowest BCUT2D eigenvalue weighted by atomic mass is 9.94. The standard InChI is InChI=1S/C30H36FNO5/c1-19-10-11-21(14-27(19)31)16-30(3,4)32-17-23(33)18-37-20(2)24-8-6-7-9-25(24)22-12-13-26(29(34)35)28(15-22)36-5/h6-15,20,23,32-33H,16-18H2,1-5H3,(H,34,35)/t20?,23-/m1/s1. The molecule has 0 fully saturated rings. The normalized spacial score (nSPS) is 13.3. The van der Waals surface area contributed by atoms with E-state index in [2.05, 4.69) is 5.32 Å². The molecule has 0 spiro atoms. The van der Waals surface area contributed by atoms with Crippen LogP contribution in [0.5, 0.6) is 5.75 Å². The topological polar surface area (TPSA) is 88.0 Å². The zero-order valence-electron chi connectivity index (χ0n) is 22.0. The summed E-state index contributed by atoms with van der Waals surface area (Å²) in [6, 6.07) is 18.0. The van der Waals surface area contributed by atoms with Crippen LogP contribution in [0.25, 0.3) is 11.1 Å². The third-order valence-corrected chi connectivity index (χ3v) is 6.38. The number of nitrogens with one attached hydrogen (secondary N) is 1. The predicted octanol–water partition coefficient (Wildman–Crippen LogP) is 5.56. The van der Waals surface area contributed by atoms with Crippen molar-refractivity contribution in [2.45, 2.75) is 51.9 Å². The lowest BCUT2D eigenvalue weighted by Crippen LogP contribution is -2.46. The Morgan fingerprint density at radius 3 is 2.51 bits per heavy atom. The molecule has 0 aliphatic heterocycles. The molecular formula is C30H36FNO5. The van der Waals surface area contributed by atoms with Crippen LogP contribution in [0.3, 0.4) is 0 Å². The van der Waals surface area contributed by atoms with Gasteiger partial charge in [-0.3, -0.25) is 0 Å². The van der Waals surface area contributed by atoms with Crippen LogP contribution in [0.15, 0.2) is 60.7 Å². The fourth-order valence-electron chi connectivity index (χ4n) is 4.27. The Kier molecular flexibility index (Phi) is 9.43. The number of carboxylic acid groups (broad SMARTS) is 1. The second-order valence-electron chi connectivity index (χ2n) is 9.96. The molecule has 0 aliphatic carbocycles. The lowest BCUT2D eigenvalue weighted by molar-refractivity contribution is -0.00397. The second kappa shape index (κ2) is 12.3. The molecule has 6 nitrogen and oxygen atoms in total. The number of hydrogen-bond donors (Lipinski definition) is 3. The van der Waals surface area contributed by atoms with Crippen molar-refractivity contribution in [2.75, 3.05) is 20.3 Å². The van der Waals surface area contributed by atoms with Crippen molar-refractivity contribution in [2.24, 2.45) is 0 Å². The summed E-state index contributed by atoms with van der Waals surface area (Å²) in [4.78, 5) is 11.4. The van der Waals surface area contributed by atoms with Crippen LogP contribution in [0.1, 0.15) is 53.9 Å². The van der Waals surface area contributed by atoms with Crippen LogP contribution in [0, 0.1) is 12.7 Å². The first-order chi connectivity index (χ1) is 17.5. The van der Waals surface area contributed by atoms with Crippen molar-refractivity contribution in [3.63, 3.8) is 0 Å². The number of aliphatic hydroxyl groups is 1. The van der Waals surface area contributed by atoms with E-state index in [0.717, 1.165) is 22.3 Å². The summed E-state index contributed by atoms with van der Waals surface area (Å²) < 4.78 is 25.2. The maximum atomic E-state index is 13.9. The smallest absolute Gasteiger partial charge is 0.339 e. The van der Waals surface area contributed by atoms with E-state index in [1.807, 2.05) is 51.1 Å². The number of methoxy groups -OCH3 is 1. The first-order valence-corrected chi connectivity index (χ1v) is 12.3. The Morgan fingerprint density at radius 2 is 1.84 bits per heavy atom. The zero-order valence-corrected chi connectivity index (χ0v) is 22.0. The van der Waals surface area contributed by atoms with Gasteiger partial charge in [-0.15, -0.1) is 0 Å². The number of aryl methyl sites for hydroxylation is 1. The molecule has 37 heavy (non-hydrogen) atoms. The monoisotopic (exact) mass is 509 g/mol. The molecule has 0 amide bonds. The van der Waals surface area contributed by atoms with Gasteiger partial charge < -0.3 is 25.0 Å². The molecular weight excluding hydrogens is 473 g/mol. The Bertz CT molecular complexity index is 1230. The van der Waals surface area contributed by atoms with E-state index in [1.54, 1.807) is 31.2 Å². The molecule has 0 saturated heterocycles. The molecule has 0 aliphatic rings. The number of rotatable bonds is 12. The van der Waals surface area contributed by atoms with E-state index in [4.69, 9.17) is 9.47 Å². The van der Waals surface area contributed by atoms with E-state index in [9.17, 15) is 19.4 Å². The Morgan fingerprint density at radius 1 is 1.11 bits per heavy atom. The maximum absolute atomic E-state index is 13.9. The third-order valence-electron chi connectivity index (χ3n) is 6.38. The summed E-state index contributed by atoms with van der Waals surface area (Å²) in [5.41, 5.74) is 3.88. The molecule has 0 radical (unpaired) electrons. The van der Waals surface area contributed by atoms with E-state index < -0.39 is 12.1 Å². The average molecular weight is 510 g/mol. The van der Waals surface area contributed by atoms with Gasteiger partial charge in [0.1, 0.15) is 17.1 Å². The van der Waals surface area contributed by atoms with Crippen molar-refractivity contribution in [1.82, 2.24) is 5.32 Å². The van der Waals surface area contributed by atoms with E-state index >= 15 is 0 Å². The molecule has 0 saturated carbocycles. The van der Waals surface area contributed by atoms with Gasteiger partial charge in [0.05, 0.1) is 25.9 Å². The van der Waals surface area contributed by atoms with Crippen LogP contribution in [-0.2, 0) is 11.2 Å². The molecule has 3 N–H and O–H groups in total. The molecule has 198 valence electrons. The Hall–Kier alpha value is -3.26. The summed E-state index contributed by atoms with van der Waals surface area (Å²) in [7, 11) is 1.44. The van der Waals surface area contributed by atoms with Crippen LogP contribution in [0.2, 0.25) is 0 Å². The molecule has 0 heterocycles. The van der Waals surface area contributed by atoms with Crippen LogP contribution >= 0.6 is 0 Å². The summed E-state index contributed by atoms with van der Waals surface area (Å²) in [6.07, 6.45) is -0.441. The fourth-order valence-corrected chi connectivity index (χ4v) is 4.27. The highest BCUT2D eigenvalue weighted by Crippen LogP contribution is 2.33. The number of aliphatic hydroxyl groups excluding tert-OH is 1. The van der Waals surface area contributed by atoms with Gasteiger partial charge in [0, 0.05) is 12.1 Å². The summed E-state index contributed by atoms with van der Waals surface area (Å²) >= 11 is 0. The molecule has 0 bridgehead atoms. The van der Waals surface area contributed by atoms with E-state index in [0.29, 0.717) is 18.5 Å². The number of halogens is 1. The lowest BCUT2D eigenvalue weighted by Gasteiger charge is -2.28. The highest BCUT2D eigenvalue weighted by atomic mass is 19.1. The van der Waals surface area contributed by atoms with Gasteiger partial charge in [0.15, 0.2) is 0 Å². The van der Waals surface area contributed by atoms with Crippen molar-refractivity contribution >= 4 is 5.97 Å². The maximum Gasteiger partial charge on any atom is 0.339 e. The van der Waals surface area contributed by atoms with E-state index in [1.165, 1.54) is 13.2 Å². The van der Waals surface area contributed by atoms with Crippen molar-refractivity contribution in [1.29, 1.82) is 0 Å². The van der Waals surface area contributed by atoms with Crippen LogP contribution < -0.4 is 10.1 Å². The van der Waals surface area contributed by atoms with Gasteiger partial charge in [0.2, 0.25) is 0 Å². The quantitative estimate of drug-likeness (QED) is 0.296. The molecule has 7 heteroatoms. The van der Waals surface area contributed by atoms with Gasteiger partial charge >= 0.3 is 5.97 Å². The zero-order chi connectivity index (χ0) is 27.2. The number of aromatic carboxylic acids is 1. The summed E-state index contributed by atoms with van der Waals surface area (Å²) in [5.74, 6) is -0.983. The molecule has 2 atom stereocenters. The molecule has 3 aromatic carbocycles. The highest BCUT2D eigenvalue weighted by molar-refractivity contribution is 5.92. The average Bonchev–Trinajstić information content (AvgIpc) is 2.87. The van der Waals surface area contributed by atoms with Crippen molar-refractivity contribution in [3.05, 3.63) is 88.7 Å². The SMILES string of the molecule is COc1cc(-c2ccccc2C(C)OC[C@H](O)CNC(C)(C)Cc2ccc(C)c(F)c2)ccc1C(=O)O. The largest absolute Gasteiger partial charge is 0.496 e. The Balaban J connectivity index is 1.61. The first kappa shape index (κ1) is 28.3. The summed E-state index contributed by atoms with van der Waals surface area (Å²) in [5, 5.41) is 23.3. The minimum absolute atomic E-state index is 0.0964. The van der Waals surface area contributed by atoms with Crippen molar-refractivity contribution in [3.8, 4) is 16.9 Å². The van der Waals surface area contributed by atoms with Gasteiger partial charge in [0.25, 0.3) is 0 Å². The summed E-state index contributed by atoms with van der Waals surface area (Å²) in [6.45, 7) is 8.13. The van der Waals surface area contributed by atoms with Crippen LogP contribution in [-0.4, -0.2) is 48.1 Å². The van der Waals surface area contributed by atoms with Crippen LogP contribution in [0.4, 0.5) is 4.39 Å². The van der Waals surface area contributed by atoms with Gasteiger partial charge in [-0.1, -0.05) is 42.5 Å². The van der Waals surface area contributed by atoms with Crippen molar-refractivity contribution < 1.29 is 28.9 Å². The molecule has 3 rings (SSSR count). The third kappa shape index (κ3) is 7.61. The number of benzene rings is 3. The minimum Gasteiger partial charge on any atom is -0.496 e. The number of carboxylic acids is 1. The second-order valence-corrected chi connectivity index (χ2v) is 9.96. The highest BCUT2D eigenvalue weighted by Gasteiger charge is 2.21. The van der Waals surface area contributed by atoms with Gasteiger partial charge in [-0.05, 0) is 80.1 Å². The Labute approximate surface area is 218 Å². The molecule has 0 aromatic heterocycles. The fraction of sp³-hybridized carbons (Fsp3) is 0.367.